The Morgan fingerprint density at radius 1 is 1.15 bits per heavy atom. The van der Waals surface area contributed by atoms with Crippen LogP contribution in [0.1, 0.15) is 20.7 Å². The van der Waals surface area contributed by atoms with Crippen molar-refractivity contribution in [3.8, 4) is 17.0 Å². The molecule has 1 amide bonds. The fourth-order valence-electron chi connectivity index (χ4n) is 3.04. The lowest BCUT2D eigenvalue weighted by molar-refractivity contribution is 0.0795. The van der Waals surface area contributed by atoms with Crippen LogP contribution in [-0.2, 0) is 7.05 Å². The summed E-state index contributed by atoms with van der Waals surface area (Å²) in [6.07, 6.45) is 1.65. The van der Waals surface area contributed by atoms with E-state index in [1.165, 1.54) is 0 Å². The number of Topliss-reactive ketones (excluding diaryl/α,β-unsaturated/α-hetero) is 1. The Morgan fingerprint density at radius 2 is 1.88 bits per heavy atom. The summed E-state index contributed by atoms with van der Waals surface area (Å²) in [5.41, 5.74) is 2.33. The number of carbonyl (C=O) groups excluding carboxylic acids is 2. The third-order valence-electron chi connectivity index (χ3n) is 4.30. The molecule has 1 aliphatic rings. The Bertz CT molecular complexity index is 979. The topological polar surface area (TPSA) is 73.2 Å². The van der Waals surface area contributed by atoms with Gasteiger partial charge in [0.15, 0.2) is 5.78 Å². The lowest BCUT2D eigenvalue weighted by Crippen LogP contribution is -2.47. The van der Waals surface area contributed by atoms with Crippen molar-refractivity contribution in [1.82, 2.24) is 15.1 Å². The van der Waals surface area contributed by atoms with E-state index in [0.717, 1.165) is 5.56 Å². The van der Waals surface area contributed by atoms with Gasteiger partial charge in [0.1, 0.15) is 24.1 Å². The first-order valence-electron chi connectivity index (χ1n) is 8.29. The van der Waals surface area contributed by atoms with Crippen molar-refractivity contribution >= 4 is 11.7 Å². The Kier molecular flexibility index (Phi) is 4.01. The van der Waals surface area contributed by atoms with E-state index in [1.54, 1.807) is 36.1 Å². The van der Waals surface area contributed by atoms with Crippen LogP contribution < -0.4 is 10.1 Å². The van der Waals surface area contributed by atoms with Crippen LogP contribution in [0.3, 0.4) is 0 Å². The number of para-hydroxylation sites is 1. The molecule has 6 nitrogen and oxygen atoms in total. The molecule has 1 N–H and O–H groups in total. The van der Waals surface area contributed by atoms with Gasteiger partial charge in [-0.25, -0.2) is 0 Å². The molecule has 1 aromatic heterocycles. The Balaban J connectivity index is 1.60. The van der Waals surface area contributed by atoms with Crippen molar-refractivity contribution in [2.24, 2.45) is 7.05 Å². The lowest BCUT2D eigenvalue weighted by atomic mass is 10.0. The van der Waals surface area contributed by atoms with Crippen LogP contribution in [0.5, 0.6) is 5.75 Å². The van der Waals surface area contributed by atoms with Crippen LogP contribution in [0.15, 0.2) is 60.8 Å². The number of benzene rings is 2. The molecule has 0 unspecified atom stereocenters. The minimum Gasteiger partial charge on any atom is -0.490 e. The number of ketones is 1. The van der Waals surface area contributed by atoms with Gasteiger partial charge in [-0.15, -0.1) is 0 Å². The van der Waals surface area contributed by atoms with Gasteiger partial charge in [0, 0.05) is 18.8 Å². The number of aromatic nitrogens is 2. The summed E-state index contributed by atoms with van der Waals surface area (Å²) in [5, 5.41) is 7.17. The molecule has 26 heavy (non-hydrogen) atoms. The van der Waals surface area contributed by atoms with Crippen LogP contribution in [0.4, 0.5) is 0 Å². The number of ether oxygens (including phenoxy) is 1. The number of nitrogens with zero attached hydrogens (tertiary/aromatic N) is 2. The fourth-order valence-corrected chi connectivity index (χ4v) is 3.04. The summed E-state index contributed by atoms with van der Waals surface area (Å²) in [5.74, 6) is 0.0537. The molecule has 0 bridgehead atoms. The monoisotopic (exact) mass is 347 g/mol. The second-order valence-electron chi connectivity index (χ2n) is 6.13. The highest BCUT2D eigenvalue weighted by molar-refractivity contribution is 6.07. The zero-order valence-corrected chi connectivity index (χ0v) is 14.2. The highest BCUT2D eigenvalue weighted by atomic mass is 16.5. The lowest BCUT2D eigenvalue weighted by Gasteiger charge is -2.24. The molecule has 1 aliphatic heterocycles. The first kappa shape index (κ1) is 16.1. The molecule has 2 heterocycles. The van der Waals surface area contributed by atoms with E-state index < -0.39 is 6.04 Å². The van der Waals surface area contributed by atoms with Gasteiger partial charge < -0.3 is 10.1 Å². The second-order valence-corrected chi connectivity index (χ2v) is 6.13. The highest BCUT2D eigenvalue weighted by Gasteiger charge is 2.31. The van der Waals surface area contributed by atoms with E-state index in [4.69, 9.17) is 4.74 Å². The van der Waals surface area contributed by atoms with Gasteiger partial charge in [-0.05, 0) is 12.1 Å². The van der Waals surface area contributed by atoms with Gasteiger partial charge >= 0.3 is 0 Å². The van der Waals surface area contributed by atoms with Crippen LogP contribution in [0, 0.1) is 0 Å². The minimum absolute atomic E-state index is 0.114. The molecule has 0 fully saturated rings. The van der Waals surface area contributed by atoms with Gasteiger partial charge in [0.05, 0.1) is 11.1 Å². The van der Waals surface area contributed by atoms with Crippen molar-refractivity contribution in [3.05, 3.63) is 71.9 Å². The number of hydrogen-bond acceptors (Lipinski definition) is 4. The third-order valence-corrected chi connectivity index (χ3v) is 4.30. The van der Waals surface area contributed by atoms with E-state index >= 15 is 0 Å². The van der Waals surface area contributed by atoms with Crippen molar-refractivity contribution < 1.29 is 14.3 Å². The fraction of sp³-hybridized carbons (Fsp3) is 0.150. The molecule has 0 radical (unpaired) electrons. The molecule has 6 heteroatoms. The number of nitrogens with one attached hydrogen (secondary N) is 1. The van der Waals surface area contributed by atoms with Gasteiger partial charge in [-0.1, -0.05) is 42.5 Å². The number of rotatable bonds is 3. The van der Waals surface area contributed by atoms with Gasteiger partial charge in [-0.2, -0.15) is 5.10 Å². The summed E-state index contributed by atoms with van der Waals surface area (Å²) >= 11 is 0. The van der Waals surface area contributed by atoms with E-state index in [2.05, 4.69) is 10.4 Å². The number of fused-ring (bicyclic) bond motifs is 1. The van der Waals surface area contributed by atoms with E-state index in [1.807, 2.05) is 36.4 Å². The molecular weight excluding hydrogens is 330 g/mol. The molecule has 0 saturated heterocycles. The largest absolute Gasteiger partial charge is 0.490 e. The van der Waals surface area contributed by atoms with Crippen molar-refractivity contribution in [2.75, 3.05) is 6.61 Å². The summed E-state index contributed by atoms with van der Waals surface area (Å²) in [6, 6.07) is 15.8. The average molecular weight is 347 g/mol. The maximum Gasteiger partial charge on any atom is 0.255 e. The summed E-state index contributed by atoms with van der Waals surface area (Å²) in [4.78, 5) is 25.4. The molecule has 4 rings (SSSR count). The normalized spacial score (nSPS) is 15.9. The minimum atomic E-state index is -0.721. The van der Waals surface area contributed by atoms with E-state index in [-0.39, 0.29) is 18.3 Å². The average Bonchev–Trinajstić information content (AvgIpc) is 3.07. The highest BCUT2D eigenvalue weighted by Crippen LogP contribution is 2.25. The third kappa shape index (κ3) is 2.86. The Hall–Kier alpha value is -3.41. The maximum absolute atomic E-state index is 12.8. The molecule has 3 aromatic rings. The van der Waals surface area contributed by atoms with E-state index in [9.17, 15) is 9.59 Å². The molecule has 0 saturated carbocycles. The molecule has 2 aromatic carbocycles. The SMILES string of the molecule is Cn1cc(C(=O)N[C@@H]2COc3ccccc3C2=O)c(-c2ccccc2)n1. The van der Waals surface area contributed by atoms with Crippen LogP contribution in [0.25, 0.3) is 11.3 Å². The van der Waals surface area contributed by atoms with Gasteiger partial charge in [-0.3, -0.25) is 14.3 Å². The summed E-state index contributed by atoms with van der Waals surface area (Å²) < 4.78 is 7.20. The maximum atomic E-state index is 12.8. The summed E-state index contributed by atoms with van der Waals surface area (Å²) in [6.45, 7) is 0.114. The molecule has 0 spiro atoms. The zero-order valence-electron chi connectivity index (χ0n) is 14.2. The second kappa shape index (κ2) is 6.48. The first-order chi connectivity index (χ1) is 12.6. The number of hydrogen-bond donors (Lipinski definition) is 1. The predicted molar refractivity (Wildman–Crippen MR) is 96.2 cm³/mol. The van der Waals surface area contributed by atoms with Crippen LogP contribution in [-0.4, -0.2) is 34.1 Å². The van der Waals surface area contributed by atoms with Crippen molar-refractivity contribution in [3.63, 3.8) is 0 Å². The number of carbonyl (C=O) groups is 2. The quantitative estimate of drug-likeness (QED) is 0.790. The first-order valence-corrected chi connectivity index (χ1v) is 8.29. The zero-order chi connectivity index (χ0) is 18.1. The molecule has 1 atom stereocenters. The van der Waals surface area contributed by atoms with Crippen LogP contribution >= 0.6 is 0 Å². The van der Waals surface area contributed by atoms with Crippen molar-refractivity contribution in [1.29, 1.82) is 0 Å². The smallest absolute Gasteiger partial charge is 0.255 e. The standard InChI is InChI=1S/C20H17N3O3/c1-23-11-15(18(22-23)13-7-3-2-4-8-13)20(25)21-16-12-26-17-10-6-5-9-14(17)19(16)24/h2-11,16H,12H2,1H3,(H,21,25)/t16-/m1/s1. The Morgan fingerprint density at radius 3 is 2.69 bits per heavy atom. The van der Waals surface area contributed by atoms with Gasteiger partial charge in [0.2, 0.25) is 0 Å². The van der Waals surface area contributed by atoms with Crippen LogP contribution in [0.2, 0.25) is 0 Å². The predicted octanol–water partition coefficient (Wildman–Crippen LogP) is 2.46. The summed E-state index contributed by atoms with van der Waals surface area (Å²) in [7, 11) is 1.76. The molecular formula is C20H17N3O3. The van der Waals surface area contributed by atoms with Gasteiger partial charge in [0.25, 0.3) is 5.91 Å². The van der Waals surface area contributed by atoms with Crippen molar-refractivity contribution in [2.45, 2.75) is 6.04 Å². The molecule has 130 valence electrons. The number of amides is 1. The van der Waals surface area contributed by atoms with E-state index in [0.29, 0.717) is 22.6 Å². The molecule has 0 aliphatic carbocycles. The number of aryl methyl sites for hydroxylation is 1. The Labute approximate surface area is 150 Å².